The predicted molar refractivity (Wildman–Crippen MR) is 207 cm³/mol. The van der Waals surface area contributed by atoms with Crippen molar-refractivity contribution in [3.8, 4) is 0 Å². The van der Waals surface area contributed by atoms with Gasteiger partial charge >= 0.3 is 11.9 Å². The van der Waals surface area contributed by atoms with Gasteiger partial charge < -0.3 is 29.5 Å². The van der Waals surface area contributed by atoms with Gasteiger partial charge in [-0.3, -0.25) is 9.59 Å². The van der Waals surface area contributed by atoms with Gasteiger partial charge in [0.05, 0.1) is 6.61 Å². The van der Waals surface area contributed by atoms with Gasteiger partial charge in [-0.2, -0.15) is 0 Å². The van der Waals surface area contributed by atoms with Gasteiger partial charge in [-0.1, -0.05) is 141 Å². The lowest BCUT2D eigenvalue weighted by molar-refractivity contribution is -0.345. The van der Waals surface area contributed by atoms with E-state index in [-0.39, 0.29) is 12.8 Å². The first-order chi connectivity index (χ1) is 24.8. The van der Waals surface area contributed by atoms with E-state index in [2.05, 4.69) is 38.2 Å². The molecule has 1 heterocycles. The Kier molecular flexibility index (Phi) is 29.4. The number of unbranched alkanes of at least 4 members (excludes halogenated alkanes) is 22. The Balaban J connectivity index is 2.30. The summed E-state index contributed by atoms with van der Waals surface area (Å²) in [6, 6.07) is 0. The highest BCUT2D eigenvalue weighted by atomic mass is 16.8. The second kappa shape index (κ2) is 31.8. The van der Waals surface area contributed by atoms with Crippen molar-refractivity contribution in [3.63, 3.8) is 0 Å². The van der Waals surface area contributed by atoms with Crippen LogP contribution in [0.5, 0.6) is 0 Å². The first kappa shape index (κ1) is 47.3. The maximum atomic E-state index is 12.8. The average Bonchev–Trinajstić information content (AvgIpc) is 3.11. The van der Waals surface area contributed by atoms with Crippen LogP contribution in [0.1, 0.15) is 201 Å². The summed E-state index contributed by atoms with van der Waals surface area (Å²) in [6.45, 7) is 5.32. The fourth-order valence-corrected chi connectivity index (χ4v) is 6.71. The van der Waals surface area contributed by atoms with Gasteiger partial charge in [0.1, 0.15) is 18.3 Å². The highest BCUT2D eigenvalue weighted by Crippen LogP contribution is 2.34. The van der Waals surface area contributed by atoms with Gasteiger partial charge in [-0.25, -0.2) is 0 Å². The maximum Gasteiger partial charge on any atom is 0.308 e. The molecule has 1 rings (SSSR count). The largest absolute Gasteiger partial charge is 0.452 e. The molecule has 8 heteroatoms. The van der Waals surface area contributed by atoms with Crippen LogP contribution in [-0.2, 0) is 23.8 Å². The SMILES string of the molecule is CCCCCCCC/C=C\CCCCCCCC(=O)O[C@@H]1[C@@H](O)[C@H](O)[C@@H](CO)O[C@@]1(C)OC(=O)CCCCCCC/C=C\CCCCCCCC. The summed E-state index contributed by atoms with van der Waals surface area (Å²) in [4.78, 5) is 25.6. The predicted octanol–water partition coefficient (Wildman–Crippen LogP) is 10.3. The van der Waals surface area contributed by atoms with Gasteiger partial charge in [-0.15, -0.1) is 0 Å². The van der Waals surface area contributed by atoms with E-state index in [1.807, 2.05) is 0 Å². The number of aliphatic hydroxyl groups is 3. The van der Waals surface area contributed by atoms with Crippen molar-refractivity contribution < 1.29 is 39.1 Å². The zero-order chi connectivity index (χ0) is 37.4. The molecule has 0 aromatic carbocycles. The molecular formula is C43H78O8. The zero-order valence-electron chi connectivity index (χ0n) is 33.0. The van der Waals surface area contributed by atoms with Crippen molar-refractivity contribution in [1.82, 2.24) is 0 Å². The summed E-state index contributed by atoms with van der Waals surface area (Å²) in [5, 5.41) is 31.0. The average molecular weight is 723 g/mol. The zero-order valence-corrected chi connectivity index (χ0v) is 33.0. The van der Waals surface area contributed by atoms with Crippen LogP contribution in [-0.4, -0.2) is 64.1 Å². The van der Waals surface area contributed by atoms with Crippen molar-refractivity contribution in [1.29, 1.82) is 0 Å². The summed E-state index contributed by atoms with van der Waals surface area (Å²) in [6.07, 6.45) is 33.9. The van der Waals surface area contributed by atoms with Crippen molar-refractivity contribution in [3.05, 3.63) is 24.3 Å². The summed E-state index contributed by atoms with van der Waals surface area (Å²) >= 11 is 0. The lowest BCUT2D eigenvalue weighted by Crippen LogP contribution is -2.66. The summed E-state index contributed by atoms with van der Waals surface area (Å²) < 4.78 is 17.0. The van der Waals surface area contributed by atoms with E-state index in [1.165, 1.54) is 96.8 Å². The second-order valence-corrected chi connectivity index (χ2v) is 14.9. The van der Waals surface area contributed by atoms with Crippen LogP contribution in [0.4, 0.5) is 0 Å². The molecule has 1 saturated heterocycles. The molecule has 1 aliphatic rings. The van der Waals surface area contributed by atoms with E-state index in [4.69, 9.17) is 14.2 Å². The smallest absolute Gasteiger partial charge is 0.308 e. The first-order valence-corrected chi connectivity index (χ1v) is 21.1. The molecule has 298 valence electrons. The normalized spacial score (nSPS) is 22.2. The molecule has 1 fully saturated rings. The molecule has 0 aromatic rings. The Bertz CT molecular complexity index is 904. The molecule has 0 saturated carbocycles. The Morgan fingerprint density at radius 3 is 1.35 bits per heavy atom. The molecule has 3 N–H and O–H groups in total. The fraction of sp³-hybridized carbons (Fsp3) is 0.860. The second-order valence-electron chi connectivity index (χ2n) is 14.9. The van der Waals surface area contributed by atoms with E-state index in [0.29, 0.717) is 12.8 Å². The number of carbonyl (C=O) groups is 2. The van der Waals surface area contributed by atoms with Gasteiger partial charge in [0, 0.05) is 19.8 Å². The Morgan fingerprint density at radius 1 is 0.569 bits per heavy atom. The van der Waals surface area contributed by atoms with Crippen LogP contribution in [0, 0.1) is 0 Å². The van der Waals surface area contributed by atoms with Gasteiger partial charge in [0.15, 0.2) is 6.10 Å². The highest BCUT2D eigenvalue weighted by molar-refractivity contribution is 5.71. The van der Waals surface area contributed by atoms with Gasteiger partial charge in [0.25, 0.3) is 5.79 Å². The summed E-state index contributed by atoms with van der Waals surface area (Å²) in [7, 11) is 0. The van der Waals surface area contributed by atoms with Crippen LogP contribution in [0.25, 0.3) is 0 Å². The third-order valence-corrected chi connectivity index (χ3v) is 9.98. The van der Waals surface area contributed by atoms with E-state index < -0.39 is 48.7 Å². The molecule has 51 heavy (non-hydrogen) atoms. The molecule has 0 aromatic heterocycles. The minimum absolute atomic E-state index is 0.153. The lowest BCUT2D eigenvalue weighted by atomic mass is 9.93. The van der Waals surface area contributed by atoms with Crippen molar-refractivity contribution in [2.24, 2.45) is 0 Å². The number of aliphatic hydroxyl groups excluding tert-OH is 3. The number of esters is 2. The number of carbonyl (C=O) groups excluding carboxylic acids is 2. The molecule has 1 aliphatic heterocycles. The Labute approximate surface area is 312 Å². The van der Waals surface area contributed by atoms with Crippen molar-refractivity contribution in [2.45, 2.75) is 231 Å². The summed E-state index contributed by atoms with van der Waals surface area (Å²) in [5.41, 5.74) is 0. The van der Waals surface area contributed by atoms with Crippen LogP contribution < -0.4 is 0 Å². The number of rotatable bonds is 33. The minimum Gasteiger partial charge on any atom is -0.452 e. The number of hydrogen-bond donors (Lipinski definition) is 3. The third-order valence-electron chi connectivity index (χ3n) is 9.98. The lowest BCUT2D eigenvalue weighted by Gasteiger charge is -2.47. The van der Waals surface area contributed by atoms with Crippen LogP contribution in [0.15, 0.2) is 24.3 Å². The first-order valence-electron chi connectivity index (χ1n) is 21.1. The Hall–Kier alpha value is -1.74. The quantitative estimate of drug-likeness (QED) is 0.0348. The Morgan fingerprint density at radius 2 is 0.941 bits per heavy atom. The standard InChI is InChI=1S/C43H78O8/c1-4-6-8-10-12-14-16-18-20-22-24-26-28-30-32-34-38(45)49-42-41(48)40(47)37(36-44)50-43(42,3)51-39(46)35-33-31-29-27-25-23-21-19-17-15-13-11-9-7-5-2/h18-21,37,40-42,44,47-48H,4-17,22-36H2,1-3H3/b20-18-,21-19-/t37-,40-,41+,42-,43+/m1/s1. The van der Waals surface area contributed by atoms with Crippen molar-refractivity contribution >= 4 is 11.9 Å². The molecule has 0 spiro atoms. The molecule has 0 aliphatic carbocycles. The molecular weight excluding hydrogens is 644 g/mol. The topological polar surface area (TPSA) is 123 Å². The van der Waals surface area contributed by atoms with E-state index in [1.54, 1.807) is 0 Å². The third kappa shape index (κ3) is 23.5. The number of allylic oxidation sites excluding steroid dienone is 4. The molecule has 5 atom stereocenters. The number of ether oxygens (including phenoxy) is 3. The number of hydrogen-bond acceptors (Lipinski definition) is 8. The van der Waals surface area contributed by atoms with E-state index >= 15 is 0 Å². The highest BCUT2D eigenvalue weighted by Gasteiger charge is 2.56. The molecule has 0 bridgehead atoms. The van der Waals surface area contributed by atoms with Gasteiger partial charge in [0.2, 0.25) is 0 Å². The molecule has 8 nitrogen and oxygen atoms in total. The fourth-order valence-electron chi connectivity index (χ4n) is 6.71. The monoisotopic (exact) mass is 723 g/mol. The van der Waals surface area contributed by atoms with Crippen LogP contribution in [0.3, 0.4) is 0 Å². The van der Waals surface area contributed by atoms with Crippen LogP contribution >= 0.6 is 0 Å². The van der Waals surface area contributed by atoms with E-state index in [9.17, 15) is 24.9 Å². The molecule has 0 unspecified atom stereocenters. The minimum atomic E-state index is -1.83. The van der Waals surface area contributed by atoms with Crippen LogP contribution in [0.2, 0.25) is 0 Å². The molecule has 0 radical (unpaired) electrons. The van der Waals surface area contributed by atoms with Crippen molar-refractivity contribution in [2.75, 3.05) is 6.61 Å². The molecule has 0 amide bonds. The van der Waals surface area contributed by atoms with E-state index in [0.717, 1.165) is 64.2 Å². The van der Waals surface area contributed by atoms with Gasteiger partial charge in [-0.05, 0) is 64.2 Å². The maximum absolute atomic E-state index is 12.8. The summed E-state index contributed by atoms with van der Waals surface area (Å²) in [5.74, 6) is -2.91.